The Kier molecular flexibility index (Phi) is 5.86. The fourth-order valence-corrected chi connectivity index (χ4v) is 5.59. The Bertz CT molecular complexity index is 973. The van der Waals surface area contributed by atoms with Crippen LogP contribution >= 0.6 is 0 Å². The number of methoxy groups -OCH3 is 1. The van der Waals surface area contributed by atoms with Crippen LogP contribution in [0.15, 0.2) is 42.7 Å². The van der Waals surface area contributed by atoms with E-state index in [1.807, 2.05) is 4.90 Å². The minimum atomic E-state index is -0.189. The molecule has 33 heavy (non-hydrogen) atoms. The van der Waals surface area contributed by atoms with Crippen molar-refractivity contribution in [2.75, 3.05) is 38.2 Å². The first-order valence-corrected chi connectivity index (χ1v) is 11.8. The lowest BCUT2D eigenvalue weighted by Gasteiger charge is -2.58. The van der Waals surface area contributed by atoms with Gasteiger partial charge in [-0.25, -0.2) is 4.79 Å². The van der Waals surface area contributed by atoms with Crippen molar-refractivity contribution in [1.29, 1.82) is 0 Å². The number of carbonyl (C=O) groups is 1. The van der Waals surface area contributed by atoms with Gasteiger partial charge in [0.2, 0.25) is 5.88 Å². The van der Waals surface area contributed by atoms with Crippen LogP contribution < -0.4 is 9.64 Å². The molecule has 176 valence electrons. The molecule has 5 rings (SSSR count). The van der Waals surface area contributed by atoms with Crippen molar-refractivity contribution in [3.8, 4) is 5.88 Å². The number of carbonyl (C=O) groups excluding carboxylic acids is 1. The van der Waals surface area contributed by atoms with Gasteiger partial charge in [-0.3, -0.25) is 9.88 Å². The highest BCUT2D eigenvalue weighted by molar-refractivity contribution is 5.69. The van der Waals surface area contributed by atoms with Crippen molar-refractivity contribution in [3.05, 3.63) is 48.3 Å². The molecule has 2 saturated heterocycles. The SMILES string of the molecule is COc1cncc(N2C[C@@H](C)N(C(=O)OC3CC4(C3)CN(Cc3ccccc3)C4)C[C@@H]2C)n1. The Balaban J connectivity index is 1.09. The first-order valence-electron chi connectivity index (χ1n) is 11.8. The van der Waals surface area contributed by atoms with Gasteiger partial charge in [0.25, 0.3) is 0 Å². The molecule has 2 aromatic rings. The molecule has 8 heteroatoms. The number of piperazine rings is 1. The van der Waals surface area contributed by atoms with Crippen molar-refractivity contribution in [2.45, 2.75) is 51.4 Å². The highest BCUT2D eigenvalue weighted by atomic mass is 16.6. The number of ether oxygens (including phenoxy) is 2. The van der Waals surface area contributed by atoms with E-state index < -0.39 is 0 Å². The van der Waals surface area contributed by atoms with Crippen LogP contribution in [0.5, 0.6) is 5.88 Å². The van der Waals surface area contributed by atoms with E-state index in [2.05, 4.69) is 63.9 Å². The summed E-state index contributed by atoms with van der Waals surface area (Å²) in [5, 5.41) is 0. The Morgan fingerprint density at radius 1 is 1.09 bits per heavy atom. The minimum Gasteiger partial charge on any atom is -0.480 e. The molecule has 1 spiro atoms. The lowest BCUT2D eigenvalue weighted by molar-refractivity contribution is -0.137. The van der Waals surface area contributed by atoms with Gasteiger partial charge >= 0.3 is 6.09 Å². The maximum Gasteiger partial charge on any atom is 0.410 e. The van der Waals surface area contributed by atoms with Crippen molar-refractivity contribution in [3.63, 3.8) is 0 Å². The van der Waals surface area contributed by atoms with Crippen molar-refractivity contribution in [1.82, 2.24) is 19.8 Å². The summed E-state index contributed by atoms with van der Waals surface area (Å²) in [6, 6.07) is 10.7. The van der Waals surface area contributed by atoms with Gasteiger partial charge in [0.05, 0.1) is 19.5 Å². The van der Waals surface area contributed by atoms with E-state index in [0.29, 0.717) is 24.4 Å². The topological polar surface area (TPSA) is 71.0 Å². The van der Waals surface area contributed by atoms with E-state index in [9.17, 15) is 4.79 Å². The summed E-state index contributed by atoms with van der Waals surface area (Å²) in [6.07, 6.45) is 5.15. The molecule has 0 unspecified atom stereocenters. The third kappa shape index (κ3) is 4.49. The molecular weight excluding hydrogens is 418 g/mol. The number of likely N-dealkylation sites (tertiary alicyclic amines) is 1. The highest BCUT2D eigenvalue weighted by Crippen LogP contribution is 2.50. The molecule has 1 aliphatic carbocycles. The zero-order valence-corrected chi connectivity index (χ0v) is 19.7. The van der Waals surface area contributed by atoms with Crippen molar-refractivity contribution in [2.24, 2.45) is 5.41 Å². The number of rotatable bonds is 5. The first kappa shape index (κ1) is 21.9. The molecular formula is C25H33N5O3. The maximum atomic E-state index is 13.0. The summed E-state index contributed by atoms with van der Waals surface area (Å²) < 4.78 is 11.1. The average Bonchev–Trinajstić information content (AvgIpc) is 2.78. The Labute approximate surface area is 195 Å². The quantitative estimate of drug-likeness (QED) is 0.691. The third-order valence-electron chi connectivity index (χ3n) is 7.28. The van der Waals surface area contributed by atoms with E-state index in [1.165, 1.54) is 5.56 Å². The van der Waals surface area contributed by atoms with Gasteiger partial charge in [-0.15, -0.1) is 0 Å². The second-order valence-corrected chi connectivity index (χ2v) is 9.97. The summed E-state index contributed by atoms with van der Waals surface area (Å²) in [5.74, 6) is 1.26. The van der Waals surface area contributed by atoms with Crippen LogP contribution in [0.2, 0.25) is 0 Å². The lowest BCUT2D eigenvalue weighted by atomic mass is 9.61. The number of hydrogen-bond donors (Lipinski definition) is 0. The van der Waals surface area contributed by atoms with Crippen LogP contribution in [0.1, 0.15) is 32.3 Å². The molecule has 1 aromatic heterocycles. The van der Waals surface area contributed by atoms with E-state index in [0.717, 1.165) is 38.3 Å². The third-order valence-corrected chi connectivity index (χ3v) is 7.28. The maximum absolute atomic E-state index is 13.0. The highest BCUT2D eigenvalue weighted by Gasteiger charge is 2.54. The molecule has 1 aromatic carbocycles. The van der Waals surface area contributed by atoms with Gasteiger partial charge in [0.15, 0.2) is 5.82 Å². The van der Waals surface area contributed by atoms with Crippen LogP contribution in [0.25, 0.3) is 0 Å². The van der Waals surface area contributed by atoms with Gasteiger partial charge in [0.1, 0.15) is 6.10 Å². The average molecular weight is 452 g/mol. The lowest BCUT2D eigenvalue weighted by Crippen LogP contribution is -2.64. The van der Waals surface area contributed by atoms with Gasteiger partial charge in [-0.2, -0.15) is 4.98 Å². The zero-order valence-electron chi connectivity index (χ0n) is 19.7. The Hall–Kier alpha value is -2.87. The van der Waals surface area contributed by atoms with Gasteiger partial charge in [-0.1, -0.05) is 30.3 Å². The molecule has 3 heterocycles. The largest absolute Gasteiger partial charge is 0.480 e. The molecule has 3 aliphatic rings. The monoisotopic (exact) mass is 451 g/mol. The summed E-state index contributed by atoms with van der Waals surface area (Å²) >= 11 is 0. The van der Waals surface area contributed by atoms with Gasteiger partial charge in [0, 0.05) is 50.2 Å². The summed E-state index contributed by atoms with van der Waals surface area (Å²) in [4.78, 5) is 28.2. The molecule has 1 saturated carbocycles. The van der Waals surface area contributed by atoms with Gasteiger partial charge in [-0.05, 0) is 32.3 Å². The van der Waals surface area contributed by atoms with Crippen LogP contribution in [-0.4, -0.2) is 77.3 Å². The number of hydrogen-bond acceptors (Lipinski definition) is 7. The van der Waals surface area contributed by atoms with Crippen LogP contribution in [0, 0.1) is 5.41 Å². The second-order valence-electron chi connectivity index (χ2n) is 9.97. The molecule has 1 amide bonds. The number of benzene rings is 1. The molecule has 0 N–H and O–H groups in total. The molecule has 0 bridgehead atoms. The predicted octanol–water partition coefficient (Wildman–Crippen LogP) is 3.19. The zero-order chi connectivity index (χ0) is 23.0. The number of anilines is 1. The number of nitrogens with zero attached hydrogens (tertiary/aromatic N) is 5. The minimum absolute atomic E-state index is 0.0285. The Morgan fingerprint density at radius 3 is 2.58 bits per heavy atom. The first-order chi connectivity index (χ1) is 15.9. The standard InChI is InChI=1S/C25H33N5O3/c1-18-14-30(19(2)13-29(18)22-11-26-12-23(27-22)32-3)24(31)33-21-9-25(10-21)16-28(17-25)15-20-7-5-4-6-8-20/h4-8,11-12,18-19,21H,9-10,13-17H2,1-3H3/t18-,19+/m0/s1. The normalized spacial score (nSPS) is 24.8. The fourth-order valence-electron chi connectivity index (χ4n) is 5.59. The summed E-state index contributed by atoms with van der Waals surface area (Å²) in [5.41, 5.74) is 1.71. The predicted molar refractivity (Wildman–Crippen MR) is 125 cm³/mol. The van der Waals surface area contributed by atoms with Crippen LogP contribution in [-0.2, 0) is 11.3 Å². The molecule has 2 atom stereocenters. The van der Waals surface area contributed by atoms with Crippen molar-refractivity contribution < 1.29 is 14.3 Å². The molecule has 8 nitrogen and oxygen atoms in total. The van der Waals surface area contributed by atoms with Crippen LogP contribution in [0.4, 0.5) is 10.6 Å². The number of amides is 1. The number of aromatic nitrogens is 2. The van der Waals surface area contributed by atoms with E-state index in [-0.39, 0.29) is 24.3 Å². The Morgan fingerprint density at radius 2 is 1.85 bits per heavy atom. The summed E-state index contributed by atoms with van der Waals surface area (Å²) in [7, 11) is 1.59. The van der Waals surface area contributed by atoms with E-state index in [1.54, 1.807) is 19.5 Å². The van der Waals surface area contributed by atoms with E-state index in [4.69, 9.17) is 9.47 Å². The van der Waals surface area contributed by atoms with Crippen molar-refractivity contribution >= 4 is 11.9 Å². The van der Waals surface area contributed by atoms with E-state index >= 15 is 0 Å². The second kappa shape index (κ2) is 8.82. The van der Waals surface area contributed by atoms with Crippen LogP contribution in [0.3, 0.4) is 0 Å². The molecule has 0 radical (unpaired) electrons. The fraction of sp³-hybridized carbons (Fsp3) is 0.560. The van der Waals surface area contributed by atoms with Gasteiger partial charge < -0.3 is 19.3 Å². The molecule has 2 aliphatic heterocycles. The smallest absolute Gasteiger partial charge is 0.410 e. The summed E-state index contributed by atoms with van der Waals surface area (Å²) in [6.45, 7) is 8.64. The molecule has 3 fully saturated rings.